The second-order valence-electron chi connectivity index (χ2n) is 8.36. The number of benzene rings is 2. The highest BCUT2D eigenvalue weighted by Gasteiger charge is 2.21. The molecule has 0 aliphatic heterocycles. The monoisotopic (exact) mass is 578 g/mol. The molecule has 0 radical (unpaired) electrons. The van der Waals surface area contributed by atoms with Crippen molar-refractivity contribution < 1.29 is 59.6 Å². The smallest absolute Gasteiger partial charge is 0.335 e. The molecule has 41 heavy (non-hydrogen) atoms. The quantitative estimate of drug-likeness (QED) is 0.0987. The molecule has 0 unspecified atom stereocenters. The zero-order valence-corrected chi connectivity index (χ0v) is 21.4. The number of aliphatic carboxylic acids is 2. The van der Waals surface area contributed by atoms with Crippen LogP contribution in [0.2, 0.25) is 0 Å². The molecule has 0 aliphatic rings. The summed E-state index contributed by atoms with van der Waals surface area (Å²) in [6.45, 7) is 0.255. The molecule has 2 rings (SSSR count). The van der Waals surface area contributed by atoms with Crippen LogP contribution in [-0.4, -0.2) is 78.6 Å². The van der Waals surface area contributed by atoms with Crippen LogP contribution in [0, 0.1) is 0 Å². The summed E-state index contributed by atoms with van der Waals surface area (Å²) in [6.07, 6.45) is -0.744. The van der Waals surface area contributed by atoms with Crippen LogP contribution in [0.3, 0.4) is 0 Å². The summed E-state index contributed by atoms with van der Waals surface area (Å²) < 4.78 is 0. The van der Waals surface area contributed by atoms with E-state index in [0.717, 1.165) is 0 Å². The Balaban J connectivity index is 0.000000410. The molecule has 0 aromatic heterocycles. The van der Waals surface area contributed by atoms with E-state index >= 15 is 0 Å². The zero-order valence-electron chi connectivity index (χ0n) is 21.4. The van der Waals surface area contributed by atoms with Crippen LogP contribution in [0.4, 0.5) is 0 Å². The van der Waals surface area contributed by atoms with E-state index in [-0.39, 0.29) is 37.1 Å². The third-order valence-electron chi connectivity index (χ3n) is 5.33. The predicted octanol–water partition coefficient (Wildman–Crippen LogP) is 0.0363. The van der Waals surface area contributed by atoms with Crippen LogP contribution in [0.5, 0.6) is 0 Å². The highest BCUT2D eigenvalue weighted by atomic mass is 16.5. The van der Waals surface area contributed by atoms with Gasteiger partial charge >= 0.3 is 23.9 Å². The number of hydrogen-bond acceptors (Lipinski definition) is 10. The fourth-order valence-corrected chi connectivity index (χ4v) is 3.29. The lowest BCUT2D eigenvalue weighted by Crippen LogP contribution is -2.44. The van der Waals surface area contributed by atoms with Crippen molar-refractivity contribution in [3.63, 3.8) is 0 Å². The Morgan fingerprint density at radius 3 is 1.46 bits per heavy atom. The lowest BCUT2D eigenvalue weighted by Gasteiger charge is -2.16. The molecule has 16 nitrogen and oxygen atoms in total. The van der Waals surface area contributed by atoms with Crippen LogP contribution in [0.1, 0.15) is 51.1 Å². The van der Waals surface area contributed by atoms with Gasteiger partial charge in [-0.2, -0.15) is 0 Å². The number of hydrogen-bond donors (Lipinski definition) is 10. The summed E-state index contributed by atoms with van der Waals surface area (Å²) in [4.78, 5) is 65.4. The van der Waals surface area contributed by atoms with Crippen molar-refractivity contribution in [2.24, 2.45) is 0 Å². The van der Waals surface area contributed by atoms with Gasteiger partial charge < -0.3 is 31.1 Å². The molecule has 0 bridgehead atoms. The van der Waals surface area contributed by atoms with Gasteiger partial charge in [0.05, 0.1) is 29.6 Å². The average molecular weight is 579 g/mol. The molecule has 0 heterocycles. The van der Waals surface area contributed by atoms with E-state index in [1.807, 2.05) is 0 Å². The maximum atomic E-state index is 11.4. The van der Waals surface area contributed by atoms with Gasteiger partial charge in [0.2, 0.25) is 0 Å². The third kappa shape index (κ3) is 13.1. The molecule has 0 spiro atoms. The van der Waals surface area contributed by atoms with Crippen molar-refractivity contribution in [2.45, 2.75) is 44.4 Å². The van der Waals surface area contributed by atoms with E-state index in [0.29, 0.717) is 11.1 Å². The number of carboxylic acids is 4. The van der Waals surface area contributed by atoms with Crippen LogP contribution >= 0.6 is 0 Å². The Bertz CT molecular complexity index is 1240. The molecule has 0 saturated heterocycles. The number of carboxylic acid groups (broad SMARTS) is 4. The lowest BCUT2D eigenvalue weighted by molar-refractivity contribution is -0.142. The molecule has 2 atom stereocenters. The molecule has 2 aromatic carbocycles. The second-order valence-corrected chi connectivity index (χ2v) is 8.36. The van der Waals surface area contributed by atoms with E-state index in [1.165, 1.54) is 35.2 Å². The minimum absolute atomic E-state index is 0.000345. The van der Waals surface area contributed by atoms with E-state index in [1.54, 1.807) is 24.3 Å². The number of carbonyl (C=O) groups is 6. The van der Waals surface area contributed by atoms with Crippen molar-refractivity contribution in [1.29, 1.82) is 0 Å². The van der Waals surface area contributed by atoms with Gasteiger partial charge in [-0.05, 0) is 41.8 Å². The Morgan fingerprint density at radius 2 is 1.07 bits per heavy atom. The standard InChI is InChI=1S/C13H16N2O6.C12H14N2O6/c16-11(17)5-4-10(12(18)15-21)14-7-8-2-1-3-9(6-8)13(19)20;15-10(16)5-9(11(17)14-20)13-6-7-2-1-3-8(4-7)12(18)19/h1-3,6,10,14,21H,4-5,7H2,(H,15,18)(H,16,17)(H,19,20);1-4,9,13,20H,5-6H2,(H,14,17)(H,15,16)(H,18,19)/t10-;9-/m11/s1. The first-order valence-electron chi connectivity index (χ1n) is 11.8. The number of rotatable bonds is 15. The lowest BCUT2D eigenvalue weighted by atomic mass is 10.1. The maximum Gasteiger partial charge on any atom is 0.335 e. The van der Waals surface area contributed by atoms with E-state index in [4.69, 9.17) is 30.8 Å². The zero-order chi connectivity index (χ0) is 30.9. The molecule has 10 N–H and O–H groups in total. The average Bonchev–Trinajstić information content (AvgIpc) is 2.94. The summed E-state index contributed by atoms with van der Waals surface area (Å²) in [5.41, 5.74) is 4.25. The summed E-state index contributed by atoms with van der Waals surface area (Å²) >= 11 is 0. The Labute approximate surface area is 232 Å². The minimum Gasteiger partial charge on any atom is -0.481 e. The second kappa shape index (κ2) is 17.6. The molecular weight excluding hydrogens is 548 g/mol. The van der Waals surface area contributed by atoms with Crippen molar-refractivity contribution in [2.75, 3.05) is 0 Å². The van der Waals surface area contributed by atoms with E-state index < -0.39 is 54.2 Å². The van der Waals surface area contributed by atoms with Gasteiger partial charge in [0, 0.05) is 19.5 Å². The highest BCUT2D eigenvalue weighted by Crippen LogP contribution is 2.08. The number of nitrogens with one attached hydrogen (secondary N) is 4. The first kappa shape index (κ1) is 34.1. The van der Waals surface area contributed by atoms with Crippen LogP contribution in [0.15, 0.2) is 48.5 Å². The third-order valence-corrected chi connectivity index (χ3v) is 5.33. The number of carbonyl (C=O) groups excluding carboxylic acids is 2. The summed E-state index contributed by atoms with van der Waals surface area (Å²) in [5.74, 6) is -6.02. The van der Waals surface area contributed by atoms with Crippen LogP contribution in [-0.2, 0) is 32.3 Å². The number of hydroxylamine groups is 2. The number of amides is 2. The normalized spacial score (nSPS) is 11.7. The van der Waals surface area contributed by atoms with Crippen LogP contribution < -0.4 is 21.6 Å². The van der Waals surface area contributed by atoms with Crippen LogP contribution in [0.25, 0.3) is 0 Å². The molecular formula is C25H30N4O12. The van der Waals surface area contributed by atoms with Gasteiger partial charge in [-0.25, -0.2) is 20.5 Å². The van der Waals surface area contributed by atoms with Gasteiger partial charge in [-0.3, -0.25) is 29.6 Å². The van der Waals surface area contributed by atoms with Crippen molar-refractivity contribution >= 4 is 35.7 Å². The molecule has 2 amide bonds. The molecule has 0 aliphatic carbocycles. The Kier molecular flexibility index (Phi) is 14.7. The fourth-order valence-electron chi connectivity index (χ4n) is 3.29. The van der Waals surface area contributed by atoms with Gasteiger partial charge in [0.15, 0.2) is 0 Å². The molecule has 222 valence electrons. The minimum atomic E-state index is -1.20. The van der Waals surface area contributed by atoms with Gasteiger partial charge in [0.25, 0.3) is 11.8 Å². The highest BCUT2D eigenvalue weighted by molar-refractivity contribution is 5.88. The van der Waals surface area contributed by atoms with Crippen molar-refractivity contribution in [3.8, 4) is 0 Å². The topological polar surface area (TPSA) is 272 Å². The predicted molar refractivity (Wildman–Crippen MR) is 137 cm³/mol. The summed E-state index contributed by atoms with van der Waals surface area (Å²) in [6, 6.07) is 10.1. The fraction of sp³-hybridized carbons (Fsp3) is 0.280. The maximum absolute atomic E-state index is 11.4. The van der Waals surface area contributed by atoms with E-state index in [2.05, 4.69) is 10.6 Å². The summed E-state index contributed by atoms with van der Waals surface area (Å²) in [7, 11) is 0. The van der Waals surface area contributed by atoms with Gasteiger partial charge in [0.1, 0.15) is 0 Å². The first-order valence-corrected chi connectivity index (χ1v) is 11.8. The van der Waals surface area contributed by atoms with E-state index in [9.17, 15) is 28.8 Å². The van der Waals surface area contributed by atoms with Crippen molar-refractivity contribution in [3.05, 3.63) is 70.8 Å². The largest absolute Gasteiger partial charge is 0.481 e. The molecule has 0 fully saturated rings. The Hall–Kier alpha value is -4.90. The molecule has 0 saturated carbocycles. The molecule has 2 aromatic rings. The van der Waals surface area contributed by atoms with Crippen molar-refractivity contribution in [1.82, 2.24) is 21.6 Å². The molecule has 16 heteroatoms. The van der Waals surface area contributed by atoms with Gasteiger partial charge in [-0.1, -0.05) is 24.3 Å². The Morgan fingerprint density at radius 1 is 0.634 bits per heavy atom. The summed E-state index contributed by atoms with van der Waals surface area (Å²) in [5, 5.41) is 57.5. The SMILES string of the molecule is O=C(O)CC[C@@H](NCc1cccc(C(=O)O)c1)C(=O)NO.O=C(O)C[C@@H](NCc1cccc(C(=O)O)c1)C(=O)NO. The first-order chi connectivity index (χ1) is 19.4. The van der Waals surface area contributed by atoms with Gasteiger partial charge in [-0.15, -0.1) is 0 Å². The number of aromatic carboxylic acids is 2.